The molecule has 0 aliphatic carbocycles. The molecule has 0 radical (unpaired) electrons. The highest BCUT2D eigenvalue weighted by Gasteiger charge is 2.16. The lowest BCUT2D eigenvalue weighted by molar-refractivity contribution is 0.122. The fourth-order valence-corrected chi connectivity index (χ4v) is 1.54. The number of morpholine rings is 1. The van der Waals surface area contributed by atoms with Crippen LogP contribution < -0.4 is 9.64 Å². The van der Waals surface area contributed by atoms with E-state index in [0.29, 0.717) is 32.3 Å². The molecule has 1 saturated heterocycles. The molecule has 2 heterocycles. The number of halogens is 1. The van der Waals surface area contributed by atoms with Gasteiger partial charge in [-0.2, -0.15) is 20.2 Å². The lowest BCUT2D eigenvalue weighted by Gasteiger charge is -2.26. The largest absolute Gasteiger partial charge is 0.448 e. The van der Waals surface area contributed by atoms with Gasteiger partial charge in [0.25, 0.3) is 0 Å². The first-order valence-electron chi connectivity index (χ1n) is 5.03. The molecule has 0 amide bonds. The van der Waals surface area contributed by atoms with E-state index in [4.69, 9.17) is 26.3 Å². The summed E-state index contributed by atoms with van der Waals surface area (Å²) in [6.45, 7) is 2.51. The Bertz CT molecular complexity index is 430. The first kappa shape index (κ1) is 11.8. The zero-order valence-corrected chi connectivity index (χ0v) is 9.72. The Hall–Kier alpha value is -1.65. The van der Waals surface area contributed by atoms with Gasteiger partial charge in [-0.15, -0.1) is 0 Å². The summed E-state index contributed by atoms with van der Waals surface area (Å²) in [5, 5.41) is 8.46. The minimum Gasteiger partial charge on any atom is -0.448 e. The normalized spacial score (nSPS) is 15.4. The summed E-state index contributed by atoms with van der Waals surface area (Å²) >= 11 is 5.77. The summed E-state index contributed by atoms with van der Waals surface area (Å²) in [5.41, 5.74) is 0. The Morgan fingerprint density at radius 3 is 2.82 bits per heavy atom. The fourth-order valence-electron chi connectivity index (χ4n) is 1.39. The third-order valence-corrected chi connectivity index (χ3v) is 2.30. The summed E-state index contributed by atoms with van der Waals surface area (Å²) in [6, 6.07) is 1.90. The van der Waals surface area contributed by atoms with Gasteiger partial charge in [-0.05, 0) is 11.6 Å². The van der Waals surface area contributed by atoms with Crippen LogP contribution in [0.15, 0.2) is 0 Å². The minimum absolute atomic E-state index is 0.0504. The van der Waals surface area contributed by atoms with Crippen molar-refractivity contribution in [3.8, 4) is 12.1 Å². The Balaban J connectivity index is 2.15. The predicted molar refractivity (Wildman–Crippen MR) is 59.0 cm³/mol. The van der Waals surface area contributed by atoms with Gasteiger partial charge in [0.2, 0.25) is 11.2 Å². The van der Waals surface area contributed by atoms with E-state index in [0.717, 1.165) is 0 Å². The fraction of sp³-hybridized carbons (Fsp3) is 0.556. The van der Waals surface area contributed by atoms with E-state index in [-0.39, 0.29) is 17.9 Å². The third-order valence-electron chi connectivity index (χ3n) is 2.14. The van der Waals surface area contributed by atoms with E-state index in [1.165, 1.54) is 0 Å². The number of rotatable bonds is 3. The van der Waals surface area contributed by atoms with Gasteiger partial charge < -0.3 is 14.4 Å². The van der Waals surface area contributed by atoms with Crippen molar-refractivity contribution in [2.24, 2.45) is 0 Å². The van der Waals surface area contributed by atoms with Crippen LogP contribution in [0.1, 0.15) is 0 Å². The second kappa shape index (κ2) is 5.61. The van der Waals surface area contributed by atoms with Crippen LogP contribution in [-0.2, 0) is 4.74 Å². The van der Waals surface area contributed by atoms with E-state index in [9.17, 15) is 0 Å². The van der Waals surface area contributed by atoms with Crippen LogP contribution in [-0.4, -0.2) is 47.9 Å². The van der Waals surface area contributed by atoms with Crippen molar-refractivity contribution >= 4 is 17.5 Å². The Morgan fingerprint density at radius 2 is 2.12 bits per heavy atom. The lowest BCUT2D eigenvalue weighted by Crippen LogP contribution is -2.37. The molecule has 0 saturated carbocycles. The predicted octanol–water partition coefficient (Wildman–Crippen LogP) is 0.264. The van der Waals surface area contributed by atoms with Gasteiger partial charge >= 0.3 is 6.01 Å². The zero-order valence-electron chi connectivity index (χ0n) is 8.97. The van der Waals surface area contributed by atoms with Crippen molar-refractivity contribution in [2.75, 3.05) is 37.8 Å². The van der Waals surface area contributed by atoms with Gasteiger partial charge in [0.05, 0.1) is 13.2 Å². The Labute approximate surface area is 103 Å². The van der Waals surface area contributed by atoms with Crippen LogP contribution in [0.5, 0.6) is 6.01 Å². The van der Waals surface area contributed by atoms with Crippen molar-refractivity contribution in [1.82, 2.24) is 15.0 Å². The summed E-state index contributed by atoms with van der Waals surface area (Å²) in [7, 11) is 0. The lowest BCUT2D eigenvalue weighted by atomic mass is 10.4. The maximum atomic E-state index is 8.41. The SMILES string of the molecule is N#CCOc1nc(Cl)nc(N2CCOCC2)n1. The van der Waals surface area contributed by atoms with Crippen LogP contribution in [0.4, 0.5) is 5.95 Å². The maximum absolute atomic E-state index is 8.41. The molecule has 0 spiro atoms. The highest BCUT2D eigenvalue weighted by Crippen LogP contribution is 2.16. The zero-order chi connectivity index (χ0) is 12.1. The first-order chi connectivity index (χ1) is 8.29. The molecule has 90 valence electrons. The first-order valence-corrected chi connectivity index (χ1v) is 5.41. The van der Waals surface area contributed by atoms with E-state index in [2.05, 4.69) is 15.0 Å². The second-order valence-corrected chi connectivity index (χ2v) is 3.57. The molecular formula is C9H10ClN5O2. The van der Waals surface area contributed by atoms with Gasteiger partial charge in [-0.1, -0.05) is 0 Å². The molecule has 1 aromatic rings. The highest BCUT2D eigenvalue weighted by molar-refractivity contribution is 6.28. The van der Waals surface area contributed by atoms with Gasteiger partial charge in [-0.25, -0.2) is 0 Å². The Kier molecular flexibility index (Phi) is 3.90. The van der Waals surface area contributed by atoms with E-state index in [1.54, 1.807) is 0 Å². The number of anilines is 1. The van der Waals surface area contributed by atoms with Gasteiger partial charge in [-0.3, -0.25) is 0 Å². The quantitative estimate of drug-likeness (QED) is 0.766. The van der Waals surface area contributed by atoms with Crippen molar-refractivity contribution in [3.05, 3.63) is 5.28 Å². The van der Waals surface area contributed by atoms with Crippen molar-refractivity contribution < 1.29 is 9.47 Å². The van der Waals surface area contributed by atoms with Gasteiger partial charge in [0.1, 0.15) is 6.07 Å². The van der Waals surface area contributed by atoms with Crippen molar-refractivity contribution in [3.63, 3.8) is 0 Å². The minimum atomic E-state index is -0.122. The van der Waals surface area contributed by atoms with Gasteiger partial charge in [0, 0.05) is 13.1 Å². The van der Waals surface area contributed by atoms with Crippen LogP contribution in [0.25, 0.3) is 0 Å². The maximum Gasteiger partial charge on any atom is 0.323 e. The number of nitriles is 1. The van der Waals surface area contributed by atoms with Crippen LogP contribution in [0.2, 0.25) is 5.28 Å². The molecule has 0 unspecified atom stereocenters. The van der Waals surface area contributed by atoms with Crippen molar-refractivity contribution in [1.29, 1.82) is 5.26 Å². The molecule has 7 nitrogen and oxygen atoms in total. The van der Waals surface area contributed by atoms with Crippen LogP contribution in [0.3, 0.4) is 0 Å². The number of aromatic nitrogens is 3. The molecule has 0 atom stereocenters. The molecule has 8 heteroatoms. The van der Waals surface area contributed by atoms with Crippen molar-refractivity contribution in [2.45, 2.75) is 0 Å². The molecule has 1 fully saturated rings. The smallest absolute Gasteiger partial charge is 0.323 e. The molecule has 17 heavy (non-hydrogen) atoms. The molecule has 0 aromatic carbocycles. The molecule has 1 aromatic heterocycles. The summed E-state index contributed by atoms with van der Waals surface area (Å²) in [5.74, 6) is 0.446. The Morgan fingerprint density at radius 1 is 1.35 bits per heavy atom. The monoisotopic (exact) mass is 255 g/mol. The third kappa shape index (κ3) is 3.15. The van der Waals surface area contributed by atoms with Crippen LogP contribution >= 0.6 is 11.6 Å². The molecule has 0 bridgehead atoms. The standard InChI is InChI=1S/C9H10ClN5O2/c10-7-12-8(15-2-5-16-6-3-15)14-9(13-7)17-4-1-11/h2-6H2. The average molecular weight is 256 g/mol. The van der Waals surface area contributed by atoms with Gasteiger partial charge in [0.15, 0.2) is 6.61 Å². The summed E-state index contributed by atoms with van der Waals surface area (Å²) < 4.78 is 10.2. The molecule has 1 aliphatic heterocycles. The molecule has 1 aliphatic rings. The topological polar surface area (TPSA) is 84.2 Å². The number of hydrogen-bond donors (Lipinski definition) is 0. The van der Waals surface area contributed by atoms with E-state index in [1.807, 2.05) is 11.0 Å². The highest BCUT2D eigenvalue weighted by atomic mass is 35.5. The molecule has 2 rings (SSSR count). The second-order valence-electron chi connectivity index (χ2n) is 3.23. The van der Waals surface area contributed by atoms with Crippen LogP contribution in [0, 0.1) is 11.3 Å². The van der Waals surface area contributed by atoms with E-state index < -0.39 is 0 Å². The van der Waals surface area contributed by atoms with E-state index >= 15 is 0 Å². The molecule has 0 N–H and O–H groups in total. The number of nitrogens with zero attached hydrogens (tertiary/aromatic N) is 5. The number of ether oxygens (including phenoxy) is 2. The molecular weight excluding hydrogens is 246 g/mol. The summed E-state index contributed by atoms with van der Waals surface area (Å²) in [4.78, 5) is 13.8. The number of hydrogen-bond acceptors (Lipinski definition) is 7. The summed E-state index contributed by atoms with van der Waals surface area (Å²) in [6.07, 6.45) is 0. The average Bonchev–Trinajstić information content (AvgIpc) is 2.37.